The van der Waals surface area contributed by atoms with Crippen molar-refractivity contribution in [3.8, 4) is 33.0 Å². The van der Waals surface area contributed by atoms with Gasteiger partial charge in [-0.3, -0.25) is 0 Å². The van der Waals surface area contributed by atoms with E-state index in [1.165, 1.54) is 11.3 Å². The van der Waals surface area contributed by atoms with Crippen molar-refractivity contribution in [1.29, 1.82) is 0 Å². The number of halogens is 1. The highest BCUT2D eigenvalue weighted by molar-refractivity contribution is 7.14. The van der Waals surface area contributed by atoms with E-state index in [0.29, 0.717) is 28.5 Å². The van der Waals surface area contributed by atoms with Gasteiger partial charge in [0.05, 0.1) is 17.7 Å². The Kier molecular flexibility index (Phi) is 5.57. The van der Waals surface area contributed by atoms with Crippen molar-refractivity contribution in [3.05, 3.63) is 63.4 Å². The number of methoxy groups -OCH3 is 1. The van der Waals surface area contributed by atoms with Crippen molar-refractivity contribution in [1.82, 2.24) is 15.0 Å². The second-order valence-electron chi connectivity index (χ2n) is 5.96. The molecule has 0 unspecified atom stereocenters. The molecule has 4 rings (SSSR count). The van der Waals surface area contributed by atoms with Crippen LogP contribution in [-0.2, 0) is 6.61 Å². The van der Waals surface area contributed by atoms with E-state index < -0.39 is 0 Å². The molecule has 0 aliphatic rings. The number of benzene rings is 1. The minimum Gasteiger partial charge on any atom is -0.497 e. The minimum absolute atomic E-state index is 0.391. The molecule has 0 bridgehead atoms. The van der Waals surface area contributed by atoms with E-state index >= 15 is 0 Å². The van der Waals surface area contributed by atoms with Gasteiger partial charge in [0.2, 0.25) is 5.88 Å². The molecule has 3 heterocycles. The fourth-order valence-corrected chi connectivity index (χ4v) is 4.35. The lowest BCUT2D eigenvalue weighted by atomic mass is 10.2. The van der Waals surface area contributed by atoms with Crippen LogP contribution < -0.4 is 9.47 Å². The van der Waals surface area contributed by atoms with Crippen LogP contribution in [0.25, 0.3) is 21.4 Å². The molecule has 1 aromatic carbocycles. The monoisotopic (exact) mass is 429 g/mol. The van der Waals surface area contributed by atoms with Crippen LogP contribution in [0.1, 0.15) is 11.1 Å². The summed E-state index contributed by atoms with van der Waals surface area (Å²) in [6, 6.07) is 11.7. The largest absolute Gasteiger partial charge is 0.497 e. The van der Waals surface area contributed by atoms with Crippen LogP contribution in [-0.4, -0.2) is 22.1 Å². The van der Waals surface area contributed by atoms with Crippen molar-refractivity contribution in [2.75, 3.05) is 7.11 Å². The Balaban J connectivity index is 1.66. The summed E-state index contributed by atoms with van der Waals surface area (Å²) >= 11 is 9.03. The molecule has 28 heavy (non-hydrogen) atoms. The van der Waals surface area contributed by atoms with Crippen molar-refractivity contribution in [3.63, 3.8) is 0 Å². The molecule has 0 amide bonds. The molecule has 142 valence electrons. The van der Waals surface area contributed by atoms with Gasteiger partial charge in [-0.25, -0.2) is 9.97 Å². The summed E-state index contributed by atoms with van der Waals surface area (Å²) in [6.07, 6.45) is 0. The van der Waals surface area contributed by atoms with Crippen molar-refractivity contribution < 1.29 is 9.47 Å². The van der Waals surface area contributed by atoms with Gasteiger partial charge in [-0.15, -0.1) is 22.7 Å². The third-order valence-electron chi connectivity index (χ3n) is 4.01. The highest BCUT2D eigenvalue weighted by atomic mass is 35.5. The molecule has 0 N–H and O–H groups in total. The van der Waals surface area contributed by atoms with Crippen molar-refractivity contribution in [2.24, 2.45) is 0 Å². The van der Waals surface area contributed by atoms with Crippen molar-refractivity contribution >= 4 is 34.3 Å². The Morgan fingerprint density at radius 3 is 2.50 bits per heavy atom. The van der Waals surface area contributed by atoms with Gasteiger partial charge in [-0.05, 0) is 41.6 Å². The van der Waals surface area contributed by atoms with Gasteiger partial charge in [0.15, 0.2) is 10.8 Å². The second-order valence-corrected chi connectivity index (χ2v) is 8.12. The predicted molar refractivity (Wildman–Crippen MR) is 114 cm³/mol. The van der Waals surface area contributed by atoms with Gasteiger partial charge in [0.1, 0.15) is 17.5 Å². The normalized spacial score (nSPS) is 10.8. The van der Waals surface area contributed by atoms with E-state index in [4.69, 9.17) is 26.1 Å². The van der Waals surface area contributed by atoms with E-state index in [1.54, 1.807) is 23.8 Å². The number of hydrogen-bond donors (Lipinski definition) is 0. The first-order valence-corrected chi connectivity index (χ1v) is 10.6. The molecule has 3 aromatic heterocycles. The Hall–Kier alpha value is -2.48. The molecular formula is C20H16ClN3O2S2. The molecule has 0 spiro atoms. The number of ether oxygens (including phenoxy) is 2. The Bertz CT molecular complexity index is 1090. The van der Waals surface area contributed by atoms with E-state index in [0.717, 1.165) is 27.4 Å². The zero-order valence-corrected chi connectivity index (χ0v) is 17.6. The maximum absolute atomic E-state index is 5.98. The SMILES string of the molecule is COc1ccc(COc2cc(-c3sccc3C)nc(-c3nc(Cl)cs3)n2)cc1. The van der Waals surface area contributed by atoms with E-state index in [1.807, 2.05) is 35.7 Å². The zero-order chi connectivity index (χ0) is 19.5. The molecule has 0 aliphatic carbocycles. The molecule has 0 saturated heterocycles. The summed E-state index contributed by atoms with van der Waals surface area (Å²) in [5, 5.41) is 4.91. The van der Waals surface area contributed by atoms with Crippen LogP contribution in [0.3, 0.4) is 0 Å². The average molecular weight is 430 g/mol. The Morgan fingerprint density at radius 1 is 1.04 bits per heavy atom. The second kappa shape index (κ2) is 8.26. The maximum atomic E-state index is 5.98. The van der Waals surface area contributed by atoms with Gasteiger partial charge in [0.25, 0.3) is 0 Å². The molecule has 8 heteroatoms. The summed E-state index contributed by atoms with van der Waals surface area (Å²) in [6.45, 7) is 2.45. The molecule has 0 atom stereocenters. The molecule has 0 aliphatic heterocycles. The predicted octanol–water partition coefficient (Wildman–Crippen LogP) is 5.88. The summed E-state index contributed by atoms with van der Waals surface area (Å²) in [7, 11) is 1.65. The summed E-state index contributed by atoms with van der Waals surface area (Å²) in [5.74, 6) is 1.81. The number of nitrogens with zero attached hydrogens (tertiary/aromatic N) is 3. The number of aryl methyl sites for hydroxylation is 1. The van der Waals surface area contributed by atoms with Crippen LogP contribution >= 0.6 is 34.3 Å². The number of thiazole rings is 1. The molecule has 4 aromatic rings. The number of hydrogen-bond acceptors (Lipinski definition) is 7. The lowest BCUT2D eigenvalue weighted by Crippen LogP contribution is -2.01. The first-order chi connectivity index (χ1) is 13.6. The van der Waals surface area contributed by atoms with E-state index in [-0.39, 0.29) is 0 Å². The van der Waals surface area contributed by atoms with Gasteiger partial charge in [-0.2, -0.15) is 4.98 Å². The Morgan fingerprint density at radius 2 is 1.86 bits per heavy atom. The van der Waals surface area contributed by atoms with E-state index in [2.05, 4.69) is 23.0 Å². The molecule has 0 saturated carbocycles. The zero-order valence-electron chi connectivity index (χ0n) is 15.2. The van der Waals surface area contributed by atoms with Crippen LogP contribution in [0.5, 0.6) is 11.6 Å². The smallest absolute Gasteiger partial charge is 0.217 e. The summed E-state index contributed by atoms with van der Waals surface area (Å²) in [4.78, 5) is 14.6. The summed E-state index contributed by atoms with van der Waals surface area (Å²) < 4.78 is 11.2. The Labute approximate surface area is 175 Å². The lowest BCUT2D eigenvalue weighted by molar-refractivity contribution is 0.293. The summed E-state index contributed by atoms with van der Waals surface area (Å²) in [5.41, 5.74) is 2.99. The van der Waals surface area contributed by atoms with Crippen LogP contribution in [0.2, 0.25) is 5.15 Å². The van der Waals surface area contributed by atoms with Crippen LogP contribution in [0.4, 0.5) is 0 Å². The quantitative estimate of drug-likeness (QED) is 0.383. The molecular weight excluding hydrogens is 414 g/mol. The molecule has 5 nitrogen and oxygen atoms in total. The third kappa shape index (κ3) is 4.16. The first-order valence-electron chi connectivity index (χ1n) is 8.43. The lowest BCUT2D eigenvalue weighted by Gasteiger charge is -2.09. The number of aromatic nitrogens is 3. The fraction of sp³-hybridized carbons (Fsp3) is 0.150. The minimum atomic E-state index is 0.391. The average Bonchev–Trinajstić information content (AvgIpc) is 3.35. The van der Waals surface area contributed by atoms with Gasteiger partial charge in [0, 0.05) is 11.4 Å². The highest BCUT2D eigenvalue weighted by Gasteiger charge is 2.14. The van der Waals surface area contributed by atoms with Crippen LogP contribution in [0.15, 0.2) is 47.2 Å². The molecule has 0 radical (unpaired) electrons. The van der Waals surface area contributed by atoms with Crippen molar-refractivity contribution in [2.45, 2.75) is 13.5 Å². The fourth-order valence-electron chi connectivity index (χ4n) is 2.58. The third-order valence-corrected chi connectivity index (χ3v) is 6.21. The number of thiophene rings is 1. The van der Waals surface area contributed by atoms with Gasteiger partial charge < -0.3 is 9.47 Å². The maximum Gasteiger partial charge on any atom is 0.217 e. The molecule has 0 fully saturated rings. The highest BCUT2D eigenvalue weighted by Crippen LogP contribution is 2.32. The van der Waals surface area contributed by atoms with E-state index in [9.17, 15) is 0 Å². The topological polar surface area (TPSA) is 57.1 Å². The van der Waals surface area contributed by atoms with Gasteiger partial charge in [-0.1, -0.05) is 23.7 Å². The van der Waals surface area contributed by atoms with Gasteiger partial charge >= 0.3 is 0 Å². The number of rotatable bonds is 6. The van der Waals surface area contributed by atoms with Crippen LogP contribution in [0, 0.1) is 6.92 Å². The first kappa shape index (κ1) is 18.9. The standard InChI is InChI=1S/C20H16ClN3O2S2/c1-12-7-8-27-18(12)15-9-17(24-19(22-15)20-23-16(21)11-28-20)26-10-13-3-5-14(25-2)6-4-13/h3-9,11H,10H2,1-2H3.